The second-order valence-corrected chi connectivity index (χ2v) is 6.24. The molecule has 1 aromatic heterocycles. The van der Waals surface area contributed by atoms with Gasteiger partial charge in [-0.1, -0.05) is 0 Å². The van der Waals surface area contributed by atoms with Crippen LogP contribution in [-0.2, 0) is 14.8 Å². The van der Waals surface area contributed by atoms with Gasteiger partial charge in [-0.05, 0) is 18.9 Å². The van der Waals surface area contributed by atoms with Crippen molar-refractivity contribution in [3.63, 3.8) is 0 Å². The molecule has 1 saturated heterocycles. The molecule has 0 bridgehead atoms. The maximum atomic E-state index is 13.1. The van der Waals surface area contributed by atoms with Crippen molar-refractivity contribution in [2.24, 2.45) is 0 Å². The Morgan fingerprint density at radius 3 is 2.89 bits per heavy atom. The van der Waals surface area contributed by atoms with Crippen LogP contribution in [0.25, 0.3) is 0 Å². The number of aliphatic carboxylic acids is 1. The summed E-state index contributed by atoms with van der Waals surface area (Å²) in [5.74, 6) is -1.79. The van der Waals surface area contributed by atoms with Gasteiger partial charge in [-0.3, -0.25) is 9.78 Å². The molecular formula is C11H13FN2O4S. The summed E-state index contributed by atoms with van der Waals surface area (Å²) < 4.78 is 38.8. The van der Waals surface area contributed by atoms with E-state index >= 15 is 0 Å². The van der Waals surface area contributed by atoms with Crippen molar-refractivity contribution in [2.75, 3.05) is 6.54 Å². The van der Waals surface area contributed by atoms with Crippen LogP contribution < -0.4 is 0 Å². The molecule has 1 atom stereocenters. The van der Waals surface area contributed by atoms with Crippen LogP contribution in [0.15, 0.2) is 23.4 Å². The Morgan fingerprint density at radius 2 is 2.26 bits per heavy atom. The third-order valence-electron chi connectivity index (χ3n) is 3.02. The van der Waals surface area contributed by atoms with E-state index in [0.29, 0.717) is 12.8 Å². The summed E-state index contributed by atoms with van der Waals surface area (Å²) in [5.41, 5.74) is 0. The zero-order valence-corrected chi connectivity index (χ0v) is 10.8. The fourth-order valence-electron chi connectivity index (χ4n) is 2.20. The summed E-state index contributed by atoms with van der Waals surface area (Å²) in [6.45, 7) is 0.247. The van der Waals surface area contributed by atoms with Crippen molar-refractivity contribution in [1.29, 1.82) is 0 Å². The molecule has 1 unspecified atom stereocenters. The van der Waals surface area contributed by atoms with Gasteiger partial charge < -0.3 is 5.11 Å². The molecule has 104 valence electrons. The van der Waals surface area contributed by atoms with Gasteiger partial charge in [0, 0.05) is 18.8 Å². The fraction of sp³-hybridized carbons (Fsp3) is 0.455. The van der Waals surface area contributed by atoms with Gasteiger partial charge in [0.1, 0.15) is 10.7 Å². The Labute approximate surface area is 109 Å². The Balaban J connectivity index is 2.31. The molecule has 1 fully saturated rings. The van der Waals surface area contributed by atoms with Gasteiger partial charge in [-0.15, -0.1) is 0 Å². The highest BCUT2D eigenvalue weighted by molar-refractivity contribution is 7.89. The molecule has 6 nitrogen and oxygen atoms in total. The van der Waals surface area contributed by atoms with Crippen molar-refractivity contribution in [1.82, 2.24) is 9.29 Å². The zero-order chi connectivity index (χ0) is 14.0. The smallest absolute Gasteiger partial charge is 0.304 e. The standard InChI is InChI=1S/C11H13FN2O4S/c12-8-4-10(7-13-6-8)19(17,18)14-3-1-2-9(14)5-11(15)16/h4,6-7,9H,1-3,5H2,(H,15,16). The molecule has 0 aromatic carbocycles. The molecule has 1 aliphatic heterocycles. The molecule has 0 aliphatic carbocycles. The average molecular weight is 288 g/mol. The van der Waals surface area contributed by atoms with Gasteiger partial charge in [0.15, 0.2) is 0 Å². The Bertz CT molecular complexity index is 590. The number of hydrogen-bond donors (Lipinski definition) is 1. The fourth-order valence-corrected chi connectivity index (χ4v) is 3.87. The molecule has 0 radical (unpaired) electrons. The molecular weight excluding hydrogens is 275 g/mol. The summed E-state index contributed by atoms with van der Waals surface area (Å²) in [5, 5.41) is 8.78. The van der Waals surface area contributed by atoms with Gasteiger partial charge >= 0.3 is 5.97 Å². The van der Waals surface area contributed by atoms with Crippen LogP contribution >= 0.6 is 0 Å². The number of carboxylic acid groups (broad SMARTS) is 1. The first-order valence-electron chi connectivity index (χ1n) is 5.75. The van der Waals surface area contributed by atoms with E-state index in [0.717, 1.165) is 22.8 Å². The molecule has 2 rings (SSSR count). The van der Waals surface area contributed by atoms with E-state index in [1.54, 1.807) is 0 Å². The lowest BCUT2D eigenvalue weighted by molar-refractivity contribution is -0.137. The lowest BCUT2D eigenvalue weighted by Gasteiger charge is -2.22. The van der Waals surface area contributed by atoms with Gasteiger partial charge in [-0.2, -0.15) is 4.31 Å². The van der Waals surface area contributed by atoms with Gasteiger partial charge in [0.25, 0.3) is 0 Å². The monoisotopic (exact) mass is 288 g/mol. The Kier molecular flexibility index (Phi) is 3.81. The van der Waals surface area contributed by atoms with E-state index in [1.807, 2.05) is 0 Å². The van der Waals surface area contributed by atoms with Crippen molar-refractivity contribution in [2.45, 2.75) is 30.2 Å². The minimum atomic E-state index is -3.89. The lowest BCUT2D eigenvalue weighted by atomic mass is 10.2. The molecule has 0 spiro atoms. The van der Waals surface area contributed by atoms with Crippen LogP contribution in [0.5, 0.6) is 0 Å². The maximum absolute atomic E-state index is 13.1. The first kappa shape index (κ1) is 13.9. The van der Waals surface area contributed by atoms with E-state index in [-0.39, 0.29) is 17.9 Å². The number of carboxylic acids is 1. The maximum Gasteiger partial charge on any atom is 0.304 e. The van der Waals surface area contributed by atoms with Crippen LogP contribution in [0.3, 0.4) is 0 Å². The summed E-state index contributed by atoms with van der Waals surface area (Å²) in [7, 11) is -3.89. The number of carbonyl (C=O) groups is 1. The molecule has 19 heavy (non-hydrogen) atoms. The first-order chi connectivity index (χ1) is 8.91. The number of nitrogens with zero attached hydrogens (tertiary/aromatic N) is 2. The largest absolute Gasteiger partial charge is 0.481 e. The van der Waals surface area contributed by atoms with Gasteiger partial charge in [-0.25, -0.2) is 12.8 Å². The Hall–Kier alpha value is -1.54. The first-order valence-corrected chi connectivity index (χ1v) is 7.19. The van der Waals surface area contributed by atoms with Crippen molar-refractivity contribution in [3.05, 3.63) is 24.3 Å². The van der Waals surface area contributed by atoms with Gasteiger partial charge in [0.05, 0.1) is 12.6 Å². The van der Waals surface area contributed by atoms with Crippen LogP contribution in [0.4, 0.5) is 4.39 Å². The second-order valence-electron chi connectivity index (χ2n) is 4.35. The quantitative estimate of drug-likeness (QED) is 0.887. The van der Waals surface area contributed by atoms with E-state index in [4.69, 9.17) is 5.11 Å². The van der Waals surface area contributed by atoms with Gasteiger partial charge in [0.2, 0.25) is 10.0 Å². The highest BCUT2D eigenvalue weighted by atomic mass is 32.2. The summed E-state index contributed by atoms with van der Waals surface area (Å²) >= 11 is 0. The van der Waals surface area contributed by atoms with E-state index < -0.39 is 27.9 Å². The number of hydrogen-bond acceptors (Lipinski definition) is 4. The number of aromatic nitrogens is 1. The zero-order valence-electron chi connectivity index (χ0n) is 9.99. The van der Waals surface area contributed by atoms with E-state index in [2.05, 4.69) is 4.98 Å². The normalized spacial score (nSPS) is 20.6. The predicted molar refractivity (Wildman–Crippen MR) is 63.4 cm³/mol. The van der Waals surface area contributed by atoms with Crippen LogP contribution in [0, 0.1) is 5.82 Å². The number of halogens is 1. The van der Waals surface area contributed by atoms with E-state index in [1.165, 1.54) is 0 Å². The van der Waals surface area contributed by atoms with Crippen molar-refractivity contribution in [3.8, 4) is 0 Å². The highest BCUT2D eigenvalue weighted by Crippen LogP contribution is 2.27. The molecule has 1 N–H and O–H groups in total. The SMILES string of the molecule is O=C(O)CC1CCCN1S(=O)(=O)c1cncc(F)c1. The summed E-state index contributed by atoms with van der Waals surface area (Å²) in [4.78, 5) is 14.0. The topological polar surface area (TPSA) is 87.6 Å². The number of sulfonamides is 1. The minimum absolute atomic E-state index is 0.246. The van der Waals surface area contributed by atoms with Crippen LogP contribution in [0.1, 0.15) is 19.3 Å². The predicted octanol–water partition coefficient (Wildman–Crippen LogP) is 0.849. The number of pyridine rings is 1. The summed E-state index contributed by atoms with van der Waals surface area (Å²) in [6.07, 6.45) is 2.82. The third kappa shape index (κ3) is 2.90. The molecule has 1 aliphatic rings. The number of rotatable bonds is 4. The highest BCUT2D eigenvalue weighted by Gasteiger charge is 2.36. The van der Waals surface area contributed by atoms with Crippen molar-refractivity contribution < 1.29 is 22.7 Å². The minimum Gasteiger partial charge on any atom is -0.481 e. The molecule has 2 heterocycles. The average Bonchev–Trinajstić information content (AvgIpc) is 2.77. The van der Waals surface area contributed by atoms with E-state index in [9.17, 15) is 17.6 Å². The molecule has 0 saturated carbocycles. The Morgan fingerprint density at radius 1 is 1.53 bits per heavy atom. The van der Waals surface area contributed by atoms with Crippen LogP contribution in [-0.4, -0.2) is 41.4 Å². The molecule has 1 aromatic rings. The third-order valence-corrected chi connectivity index (χ3v) is 4.94. The molecule has 8 heteroatoms. The lowest BCUT2D eigenvalue weighted by Crippen LogP contribution is -2.36. The second kappa shape index (κ2) is 5.22. The van der Waals surface area contributed by atoms with Crippen LogP contribution in [0.2, 0.25) is 0 Å². The van der Waals surface area contributed by atoms with Crippen molar-refractivity contribution >= 4 is 16.0 Å². The summed E-state index contributed by atoms with van der Waals surface area (Å²) in [6, 6.07) is 0.309. The molecule has 0 amide bonds.